The molecule has 1 aliphatic heterocycles. The highest BCUT2D eigenvalue weighted by atomic mass is 32.1. The van der Waals surface area contributed by atoms with Crippen molar-refractivity contribution in [1.82, 2.24) is 25.3 Å². The summed E-state index contributed by atoms with van der Waals surface area (Å²) in [6.45, 7) is 0.973. The van der Waals surface area contributed by atoms with Crippen LogP contribution in [0, 0.1) is 0 Å². The van der Waals surface area contributed by atoms with Crippen molar-refractivity contribution in [3.05, 3.63) is 64.2 Å². The fourth-order valence-electron chi connectivity index (χ4n) is 3.31. The van der Waals surface area contributed by atoms with Gasteiger partial charge < -0.3 is 14.7 Å². The molecule has 0 aromatic carbocycles. The number of carbonyl (C=O) groups is 1. The van der Waals surface area contributed by atoms with Crippen molar-refractivity contribution in [2.24, 2.45) is 0 Å². The summed E-state index contributed by atoms with van der Waals surface area (Å²) >= 11 is 1.65. The van der Waals surface area contributed by atoms with Gasteiger partial charge in [-0.15, -0.1) is 11.3 Å². The molecular weight excluding hydrogens is 362 g/mol. The Labute approximate surface area is 161 Å². The van der Waals surface area contributed by atoms with Crippen LogP contribution in [0.1, 0.15) is 47.6 Å². The van der Waals surface area contributed by atoms with Gasteiger partial charge in [-0.2, -0.15) is 4.98 Å². The number of hydrogen-bond donors (Lipinski definition) is 1. The molecule has 1 atom stereocenters. The lowest BCUT2D eigenvalue weighted by Gasteiger charge is -2.35. The van der Waals surface area contributed by atoms with E-state index in [4.69, 9.17) is 4.52 Å². The zero-order chi connectivity index (χ0) is 18.5. The Kier molecular flexibility index (Phi) is 5.43. The fraction of sp³-hybridized carbons (Fsp3) is 0.368. The number of likely N-dealkylation sites (tertiary alicyclic amines) is 1. The van der Waals surface area contributed by atoms with E-state index in [0.717, 1.165) is 31.5 Å². The topological polar surface area (TPSA) is 84.2 Å². The predicted molar refractivity (Wildman–Crippen MR) is 101 cm³/mol. The van der Waals surface area contributed by atoms with Gasteiger partial charge in [0.15, 0.2) is 5.82 Å². The van der Waals surface area contributed by atoms with Crippen LogP contribution in [0.3, 0.4) is 0 Å². The van der Waals surface area contributed by atoms with Crippen LogP contribution in [0.15, 0.2) is 46.4 Å². The molecule has 8 heteroatoms. The predicted octanol–water partition coefficient (Wildman–Crippen LogP) is 3.55. The van der Waals surface area contributed by atoms with Crippen LogP contribution in [0.2, 0.25) is 0 Å². The summed E-state index contributed by atoms with van der Waals surface area (Å²) < 4.78 is 5.28. The highest BCUT2D eigenvalue weighted by Crippen LogP contribution is 2.29. The molecule has 27 heavy (non-hydrogen) atoms. The molecule has 0 aliphatic carbocycles. The van der Waals surface area contributed by atoms with Gasteiger partial charge in [0.25, 0.3) is 0 Å². The van der Waals surface area contributed by atoms with Crippen molar-refractivity contribution in [1.29, 1.82) is 0 Å². The van der Waals surface area contributed by atoms with E-state index in [1.165, 1.54) is 4.88 Å². The summed E-state index contributed by atoms with van der Waals surface area (Å²) in [4.78, 5) is 24.5. The molecule has 1 fully saturated rings. The molecule has 0 saturated carbocycles. The molecule has 7 nitrogen and oxygen atoms in total. The van der Waals surface area contributed by atoms with Crippen molar-refractivity contribution in [2.75, 3.05) is 6.54 Å². The van der Waals surface area contributed by atoms with E-state index in [-0.39, 0.29) is 18.6 Å². The van der Waals surface area contributed by atoms with Crippen molar-refractivity contribution in [3.63, 3.8) is 0 Å². The minimum Gasteiger partial charge on any atom is -0.339 e. The number of rotatable bonds is 5. The van der Waals surface area contributed by atoms with Crippen LogP contribution >= 0.6 is 11.3 Å². The molecule has 0 bridgehead atoms. The first-order valence-corrected chi connectivity index (χ1v) is 9.97. The van der Waals surface area contributed by atoms with Gasteiger partial charge in [-0.05, 0) is 42.8 Å². The maximum atomic E-state index is 12.7. The molecule has 4 rings (SSSR count). The van der Waals surface area contributed by atoms with Gasteiger partial charge in [-0.3, -0.25) is 4.98 Å². The van der Waals surface area contributed by atoms with E-state index in [0.29, 0.717) is 18.1 Å². The molecule has 1 N–H and O–H groups in total. The second-order valence-corrected chi connectivity index (χ2v) is 7.51. The summed E-state index contributed by atoms with van der Waals surface area (Å²) in [5.74, 6) is 1.05. The van der Waals surface area contributed by atoms with E-state index >= 15 is 0 Å². The molecule has 3 aromatic rings. The lowest BCUT2D eigenvalue weighted by atomic mass is 9.99. The minimum atomic E-state index is -0.116. The number of piperidine rings is 1. The fourth-order valence-corrected chi connectivity index (χ4v) is 4.00. The third-order valence-corrected chi connectivity index (χ3v) is 5.48. The van der Waals surface area contributed by atoms with Gasteiger partial charge in [0.1, 0.15) is 0 Å². The Bertz CT molecular complexity index is 865. The number of nitrogens with one attached hydrogen (secondary N) is 1. The highest BCUT2D eigenvalue weighted by molar-refractivity contribution is 7.09. The lowest BCUT2D eigenvalue weighted by Crippen LogP contribution is -2.44. The quantitative estimate of drug-likeness (QED) is 0.728. The maximum absolute atomic E-state index is 12.7. The molecule has 1 aliphatic rings. The summed E-state index contributed by atoms with van der Waals surface area (Å²) in [5, 5.41) is 8.90. The highest BCUT2D eigenvalue weighted by Gasteiger charge is 2.28. The Hall–Kier alpha value is -2.74. The second kappa shape index (κ2) is 8.30. The zero-order valence-electron chi connectivity index (χ0n) is 14.9. The minimum absolute atomic E-state index is 0.0135. The Balaban J connectivity index is 1.36. The number of hydrogen-bond acceptors (Lipinski definition) is 6. The van der Waals surface area contributed by atoms with E-state index in [1.807, 2.05) is 40.6 Å². The van der Waals surface area contributed by atoms with Gasteiger partial charge in [-0.1, -0.05) is 17.3 Å². The largest absolute Gasteiger partial charge is 0.339 e. The number of amides is 2. The molecule has 3 aromatic heterocycles. The smallest absolute Gasteiger partial charge is 0.318 e. The molecule has 2 amide bonds. The number of carbonyl (C=O) groups excluding carboxylic acids is 1. The molecule has 4 heterocycles. The number of aromatic nitrogens is 3. The summed E-state index contributed by atoms with van der Waals surface area (Å²) in [7, 11) is 0. The lowest BCUT2D eigenvalue weighted by molar-refractivity contribution is 0.149. The van der Waals surface area contributed by atoms with Gasteiger partial charge in [0.05, 0.1) is 24.7 Å². The van der Waals surface area contributed by atoms with E-state index < -0.39 is 0 Å². The standard InChI is InChI=1S/C19H21N5O2S/c25-19(24-10-4-2-8-16(24)15-7-1-3-9-20-15)21-13-17-22-18(26-23-17)12-14-6-5-11-27-14/h1,3,5-7,9,11,16H,2,4,8,10,12-13H2,(H,21,25)/t16-/m0/s1. The van der Waals surface area contributed by atoms with Crippen LogP contribution in [0.5, 0.6) is 0 Å². The van der Waals surface area contributed by atoms with E-state index in [2.05, 4.69) is 20.4 Å². The molecule has 0 spiro atoms. The maximum Gasteiger partial charge on any atom is 0.318 e. The van der Waals surface area contributed by atoms with Gasteiger partial charge in [-0.25, -0.2) is 4.79 Å². The Morgan fingerprint density at radius 2 is 2.26 bits per heavy atom. The van der Waals surface area contributed by atoms with Crippen LogP contribution in [-0.4, -0.2) is 32.6 Å². The molecule has 140 valence electrons. The van der Waals surface area contributed by atoms with E-state index in [1.54, 1.807) is 17.5 Å². The molecule has 0 radical (unpaired) electrons. The summed E-state index contributed by atoms with van der Waals surface area (Å²) in [6, 6.07) is 9.75. The van der Waals surface area contributed by atoms with E-state index in [9.17, 15) is 4.79 Å². The summed E-state index contributed by atoms with van der Waals surface area (Å²) in [5.41, 5.74) is 0.935. The van der Waals surface area contributed by atoms with Gasteiger partial charge in [0, 0.05) is 17.6 Å². The van der Waals surface area contributed by atoms with Crippen molar-refractivity contribution in [2.45, 2.75) is 38.3 Å². The normalized spacial score (nSPS) is 17.0. The first-order valence-electron chi connectivity index (χ1n) is 9.09. The summed E-state index contributed by atoms with van der Waals surface area (Å²) in [6.07, 6.45) is 5.42. The SMILES string of the molecule is O=C(NCc1noc(Cc2cccs2)n1)N1CCCC[C@H]1c1ccccn1. The van der Waals surface area contributed by atoms with Gasteiger partial charge >= 0.3 is 6.03 Å². The third-order valence-electron chi connectivity index (χ3n) is 4.61. The monoisotopic (exact) mass is 383 g/mol. The Morgan fingerprint density at radius 3 is 3.07 bits per heavy atom. The first-order chi connectivity index (χ1) is 13.3. The Morgan fingerprint density at radius 1 is 1.30 bits per heavy atom. The first kappa shape index (κ1) is 17.7. The number of nitrogens with zero attached hydrogens (tertiary/aromatic N) is 4. The van der Waals surface area contributed by atoms with Crippen LogP contribution in [0.25, 0.3) is 0 Å². The van der Waals surface area contributed by atoms with Gasteiger partial charge in [0.2, 0.25) is 5.89 Å². The van der Waals surface area contributed by atoms with Crippen molar-refractivity contribution in [3.8, 4) is 0 Å². The third kappa shape index (κ3) is 4.33. The van der Waals surface area contributed by atoms with Crippen LogP contribution < -0.4 is 5.32 Å². The second-order valence-electron chi connectivity index (χ2n) is 6.48. The number of pyridine rings is 1. The number of thiophene rings is 1. The van der Waals surface area contributed by atoms with Crippen LogP contribution in [-0.2, 0) is 13.0 Å². The number of urea groups is 1. The van der Waals surface area contributed by atoms with Crippen LogP contribution in [0.4, 0.5) is 4.79 Å². The van der Waals surface area contributed by atoms with Crippen molar-refractivity contribution < 1.29 is 9.32 Å². The molecule has 1 saturated heterocycles. The zero-order valence-corrected chi connectivity index (χ0v) is 15.7. The average molecular weight is 383 g/mol. The molecule has 0 unspecified atom stereocenters. The van der Waals surface area contributed by atoms with Crippen molar-refractivity contribution >= 4 is 17.4 Å². The average Bonchev–Trinajstić information content (AvgIpc) is 3.39. The molecular formula is C19H21N5O2S.